The van der Waals surface area contributed by atoms with Crippen LogP contribution in [0.1, 0.15) is 54.7 Å². The molecular formula is C20H20O. The number of carbonyl (C=O) groups excluding carboxylic acids is 1. The zero-order chi connectivity index (χ0) is 15.5. The molecule has 0 aliphatic rings. The van der Waals surface area contributed by atoms with E-state index in [0.717, 1.165) is 16.7 Å². The minimum atomic E-state index is 0.0762. The molecule has 0 radical (unpaired) electrons. The number of hydrogen-bond acceptors (Lipinski definition) is 1. The van der Waals surface area contributed by atoms with Crippen molar-refractivity contribution < 1.29 is 4.79 Å². The van der Waals surface area contributed by atoms with Gasteiger partial charge in [-0.15, -0.1) is 0 Å². The van der Waals surface area contributed by atoms with Crippen LogP contribution in [0.5, 0.6) is 0 Å². The highest BCUT2D eigenvalue weighted by molar-refractivity contribution is 5.94. The van der Waals surface area contributed by atoms with E-state index in [0.29, 0.717) is 0 Å². The van der Waals surface area contributed by atoms with Gasteiger partial charge in [0.25, 0.3) is 0 Å². The lowest BCUT2D eigenvalue weighted by atomic mass is 9.87. The Morgan fingerprint density at radius 3 is 1.62 bits per heavy atom. The molecule has 0 aliphatic heterocycles. The topological polar surface area (TPSA) is 17.1 Å². The maximum atomic E-state index is 11.2. The van der Waals surface area contributed by atoms with E-state index in [1.807, 2.05) is 24.3 Å². The van der Waals surface area contributed by atoms with Crippen molar-refractivity contribution in [2.45, 2.75) is 33.1 Å². The molecule has 21 heavy (non-hydrogen) atoms. The Hall–Kier alpha value is -2.33. The molecule has 0 aromatic heterocycles. The molecule has 0 bridgehead atoms. The molecule has 0 amide bonds. The van der Waals surface area contributed by atoms with Crippen LogP contribution in [-0.4, -0.2) is 5.78 Å². The summed E-state index contributed by atoms with van der Waals surface area (Å²) in [5.41, 5.74) is 4.10. The predicted molar refractivity (Wildman–Crippen MR) is 87.6 cm³/mol. The van der Waals surface area contributed by atoms with Crippen LogP contribution in [0, 0.1) is 11.8 Å². The second-order valence-corrected chi connectivity index (χ2v) is 6.21. The fourth-order valence-corrected chi connectivity index (χ4v) is 1.99. The van der Waals surface area contributed by atoms with Gasteiger partial charge in [-0.3, -0.25) is 4.79 Å². The van der Waals surface area contributed by atoms with Gasteiger partial charge in [-0.05, 0) is 42.2 Å². The first kappa shape index (κ1) is 15.1. The van der Waals surface area contributed by atoms with Gasteiger partial charge in [0.2, 0.25) is 0 Å². The average Bonchev–Trinajstić information content (AvgIpc) is 2.45. The van der Waals surface area contributed by atoms with Gasteiger partial charge < -0.3 is 0 Å². The summed E-state index contributed by atoms with van der Waals surface area (Å²) in [7, 11) is 0. The fourth-order valence-electron chi connectivity index (χ4n) is 1.99. The molecule has 0 fully saturated rings. The van der Waals surface area contributed by atoms with Crippen LogP contribution < -0.4 is 0 Å². The zero-order valence-corrected chi connectivity index (χ0v) is 13.0. The van der Waals surface area contributed by atoms with Crippen LogP contribution >= 0.6 is 0 Å². The first-order chi connectivity index (χ1) is 9.86. The largest absolute Gasteiger partial charge is 0.295 e. The molecule has 106 valence electrons. The van der Waals surface area contributed by atoms with Gasteiger partial charge in [0.05, 0.1) is 0 Å². The van der Waals surface area contributed by atoms with Crippen molar-refractivity contribution in [1.29, 1.82) is 0 Å². The van der Waals surface area contributed by atoms with Gasteiger partial charge in [-0.1, -0.05) is 56.9 Å². The lowest BCUT2D eigenvalue weighted by Crippen LogP contribution is -2.10. The lowest BCUT2D eigenvalue weighted by molar-refractivity contribution is 0.101. The SMILES string of the molecule is CC(=O)c1ccc(C#Cc2ccc(C(C)(C)C)cc2)cc1. The van der Waals surface area contributed by atoms with Gasteiger partial charge in [0.1, 0.15) is 0 Å². The van der Waals surface area contributed by atoms with Gasteiger partial charge in [0.15, 0.2) is 5.78 Å². The molecule has 0 saturated heterocycles. The summed E-state index contributed by atoms with van der Waals surface area (Å²) in [5, 5.41) is 0. The van der Waals surface area contributed by atoms with Crippen LogP contribution in [0.25, 0.3) is 0 Å². The molecule has 0 N–H and O–H groups in total. The smallest absolute Gasteiger partial charge is 0.159 e. The van der Waals surface area contributed by atoms with E-state index in [4.69, 9.17) is 0 Å². The van der Waals surface area contributed by atoms with Crippen molar-refractivity contribution in [3.8, 4) is 11.8 Å². The highest BCUT2D eigenvalue weighted by Crippen LogP contribution is 2.21. The van der Waals surface area contributed by atoms with E-state index >= 15 is 0 Å². The van der Waals surface area contributed by atoms with Gasteiger partial charge >= 0.3 is 0 Å². The zero-order valence-electron chi connectivity index (χ0n) is 13.0. The van der Waals surface area contributed by atoms with Gasteiger partial charge in [-0.25, -0.2) is 0 Å². The van der Waals surface area contributed by atoms with Crippen molar-refractivity contribution in [1.82, 2.24) is 0 Å². The van der Waals surface area contributed by atoms with E-state index in [9.17, 15) is 4.79 Å². The van der Waals surface area contributed by atoms with Crippen molar-refractivity contribution in [2.24, 2.45) is 0 Å². The molecule has 1 nitrogen and oxygen atoms in total. The van der Waals surface area contributed by atoms with Crippen LogP contribution in [0.4, 0.5) is 0 Å². The fraction of sp³-hybridized carbons (Fsp3) is 0.250. The summed E-state index contributed by atoms with van der Waals surface area (Å²) in [6, 6.07) is 15.8. The van der Waals surface area contributed by atoms with Crippen molar-refractivity contribution in [2.75, 3.05) is 0 Å². The van der Waals surface area contributed by atoms with E-state index in [-0.39, 0.29) is 11.2 Å². The summed E-state index contributed by atoms with van der Waals surface area (Å²) in [4.78, 5) is 11.2. The maximum absolute atomic E-state index is 11.2. The molecule has 0 unspecified atom stereocenters. The monoisotopic (exact) mass is 276 g/mol. The highest BCUT2D eigenvalue weighted by atomic mass is 16.1. The summed E-state index contributed by atoms with van der Waals surface area (Å²) in [6.45, 7) is 8.16. The number of Topliss-reactive ketones (excluding diaryl/α,β-unsaturated/α-hetero) is 1. The number of rotatable bonds is 1. The standard InChI is InChI=1S/C20H20O/c1-15(21)18-11-7-16(8-12-18)5-6-17-9-13-19(14-10-17)20(2,3)4/h7-14H,1-4H3. The van der Waals surface area contributed by atoms with E-state index in [1.54, 1.807) is 6.92 Å². The minimum Gasteiger partial charge on any atom is -0.295 e. The summed E-state index contributed by atoms with van der Waals surface area (Å²) < 4.78 is 0. The molecule has 0 atom stereocenters. The molecule has 2 aromatic carbocycles. The highest BCUT2D eigenvalue weighted by Gasteiger charge is 2.12. The Balaban J connectivity index is 2.17. The Morgan fingerprint density at radius 1 is 0.810 bits per heavy atom. The quantitative estimate of drug-likeness (QED) is 0.550. The van der Waals surface area contributed by atoms with Crippen molar-refractivity contribution in [3.05, 3.63) is 70.8 Å². The number of hydrogen-bond donors (Lipinski definition) is 0. The van der Waals surface area contributed by atoms with Crippen LogP contribution in [-0.2, 0) is 5.41 Å². The molecule has 2 rings (SSSR count). The minimum absolute atomic E-state index is 0.0762. The number of carbonyl (C=O) groups is 1. The second-order valence-electron chi connectivity index (χ2n) is 6.21. The Bertz CT molecular complexity index is 687. The molecule has 0 spiro atoms. The van der Waals surface area contributed by atoms with Crippen molar-refractivity contribution >= 4 is 5.78 Å². The molecular weight excluding hydrogens is 256 g/mol. The summed E-state index contributed by atoms with van der Waals surface area (Å²) in [5.74, 6) is 6.35. The van der Waals surface area contributed by atoms with E-state index in [2.05, 4.69) is 56.9 Å². The van der Waals surface area contributed by atoms with Crippen molar-refractivity contribution in [3.63, 3.8) is 0 Å². The molecule has 0 saturated carbocycles. The third-order valence-corrected chi connectivity index (χ3v) is 3.39. The first-order valence-corrected chi connectivity index (χ1v) is 7.10. The average molecular weight is 276 g/mol. The Labute approximate surface area is 127 Å². The van der Waals surface area contributed by atoms with E-state index in [1.165, 1.54) is 5.56 Å². The third kappa shape index (κ3) is 4.07. The number of ketones is 1. The number of benzene rings is 2. The van der Waals surface area contributed by atoms with Crippen LogP contribution in [0.3, 0.4) is 0 Å². The Kier molecular flexibility index (Phi) is 4.29. The van der Waals surface area contributed by atoms with Crippen LogP contribution in [0.2, 0.25) is 0 Å². The summed E-state index contributed by atoms with van der Waals surface area (Å²) in [6.07, 6.45) is 0. The summed E-state index contributed by atoms with van der Waals surface area (Å²) >= 11 is 0. The molecule has 2 aromatic rings. The normalized spacial score (nSPS) is 10.7. The van der Waals surface area contributed by atoms with Crippen LogP contribution in [0.15, 0.2) is 48.5 Å². The first-order valence-electron chi connectivity index (χ1n) is 7.10. The third-order valence-electron chi connectivity index (χ3n) is 3.39. The van der Waals surface area contributed by atoms with Gasteiger partial charge in [-0.2, -0.15) is 0 Å². The Morgan fingerprint density at radius 2 is 1.24 bits per heavy atom. The molecule has 0 heterocycles. The lowest BCUT2D eigenvalue weighted by Gasteiger charge is -2.18. The second kappa shape index (κ2) is 5.97. The molecule has 1 heteroatoms. The van der Waals surface area contributed by atoms with Gasteiger partial charge in [0, 0.05) is 16.7 Å². The maximum Gasteiger partial charge on any atom is 0.159 e. The van der Waals surface area contributed by atoms with E-state index < -0.39 is 0 Å². The predicted octanol–water partition coefficient (Wildman–Crippen LogP) is 4.59. The molecule has 0 aliphatic carbocycles.